The van der Waals surface area contributed by atoms with E-state index in [0.717, 1.165) is 27.5 Å². The third-order valence-electron chi connectivity index (χ3n) is 5.30. The maximum atomic E-state index is 12.7. The molecule has 3 nitrogen and oxygen atoms in total. The Balaban J connectivity index is 1.22. The number of aryl methyl sites for hydroxylation is 1. The first-order valence-electron chi connectivity index (χ1n) is 10.7. The number of fused-ring (bicyclic) bond motifs is 1. The highest BCUT2D eigenvalue weighted by Gasteiger charge is 2.09. The summed E-state index contributed by atoms with van der Waals surface area (Å²) in [5, 5.41) is 3.97. The number of nitrogens with zero attached hydrogens (tertiary/aromatic N) is 1. The molecule has 0 spiro atoms. The highest BCUT2D eigenvalue weighted by molar-refractivity contribution is 7.98. The molecule has 4 aromatic carbocycles. The van der Waals surface area contributed by atoms with Gasteiger partial charge in [0.25, 0.3) is 5.91 Å². The zero-order valence-corrected chi connectivity index (χ0v) is 19.7. The molecule has 33 heavy (non-hydrogen) atoms. The molecule has 1 aromatic heterocycles. The van der Waals surface area contributed by atoms with Gasteiger partial charge in [-0.15, -0.1) is 23.1 Å². The van der Waals surface area contributed by atoms with Crippen LogP contribution in [0.15, 0.2) is 102 Å². The Morgan fingerprint density at radius 3 is 2.42 bits per heavy atom. The zero-order chi connectivity index (χ0) is 22.6. The molecule has 0 aliphatic carbocycles. The molecule has 5 aromatic rings. The lowest BCUT2D eigenvalue weighted by atomic mass is 10.1. The average molecular weight is 467 g/mol. The van der Waals surface area contributed by atoms with Crippen LogP contribution in [0.4, 0.5) is 5.69 Å². The highest BCUT2D eigenvalue weighted by atomic mass is 32.2. The zero-order valence-electron chi connectivity index (χ0n) is 18.1. The number of amides is 1. The van der Waals surface area contributed by atoms with Crippen LogP contribution in [0.3, 0.4) is 0 Å². The average Bonchev–Trinajstić information content (AvgIpc) is 3.27. The normalized spacial score (nSPS) is 10.9. The van der Waals surface area contributed by atoms with Crippen LogP contribution in [0.5, 0.6) is 0 Å². The van der Waals surface area contributed by atoms with Gasteiger partial charge in [-0.25, -0.2) is 4.98 Å². The molecule has 0 saturated heterocycles. The number of thiazole rings is 1. The number of hydrogen-bond donors (Lipinski definition) is 1. The van der Waals surface area contributed by atoms with Crippen molar-refractivity contribution < 1.29 is 4.79 Å². The maximum Gasteiger partial charge on any atom is 0.255 e. The number of rotatable bonds is 6. The van der Waals surface area contributed by atoms with E-state index in [0.29, 0.717) is 5.56 Å². The van der Waals surface area contributed by atoms with Gasteiger partial charge < -0.3 is 5.32 Å². The third-order valence-corrected chi connectivity index (χ3v) is 7.45. The summed E-state index contributed by atoms with van der Waals surface area (Å²) >= 11 is 3.47. The van der Waals surface area contributed by atoms with Crippen molar-refractivity contribution in [3.05, 3.63) is 114 Å². The van der Waals surface area contributed by atoms with Crippen LogP contribution < -0.4 is 5.32 Å². The van der Waals surface area contributed by atoms with E-state index in [1.807, 2.05) is 66.7 Å². The minimum atomic E-state index is -0.111. The van der Waals surface area contributed by atoms with Crippen molar-refractivity contribution in [2.45, 2.75) is 17.6 Å². The van der Waals surface area contributed by atoms with Gasteiger partial charge in [0.2, 0.25) is 0 Å². The molecule has 1 N–H and O–H groups in total. The van der Waals surface area contributed by atoms with Gasteiger partial charge in [-0.05, 0) is 78.7 Å². The lowest BCUT2D eigenvalue weighted by molar-refractivity contribution is 0.102. The number of hydrogen-bond acceptors (Lipinski definition) is 4. The predicted molar refractivity (Wildman–Crippen MR) is 140 cm³/mol. The van der Waals surface area contributed by atoms with Gasteiger partial charge in [0.05, 0.1) is 10.2 Å². The van der Waals surface area contributed by atoms with Gasteiger partial charge in [-0.3, -0.25) is 4.79 Å². The highest BCUT2D eigenvalue weighted by Crippen LogP contribution is 2.31. The van der Waals surface area contributed by atoms with Crippen molar-refractivity contribution >= 4 is 44.9 Å². The third kappa shape index (κ3) is 5.16. The van der Waals surface area contributed by atoms with Gasteiger partial charge in [0, 0.05) is 27.5 Å². The van der Waals surface area contributed by atoms with Gasteiger partial charge in [0.1, 0.15) is 5.01 Å². The molecule has 0 aliphatic rings. The number of carbonyl (C=O) groups excluding carboxylic acids is 1. The van der Waals surface area contributed by atoms with E-state index >= 15 is 0 Å². The Morgan fingerprint density at radius 2 is 1.67 bits per heavy atom. The Kier molecular flexibility index (Phi) is 6.24. The predicted octanol–water partition coefficient (Wildman–Crippen LogP) is 7.82. The van der Waals surface area contributed by atoms with Gasteiger partial charge in [-0.1, -0.05) is 36.4 Å². The van der Waals surface area contributed by atoms with Crippen molar-refractivity contribution in [3.8, 4) is 10.6 Å². The molecule has 0 bridgehead atoms. The van der Waals surface area contributed by atoms with E-state index in [1.165, 1.54) is 20.7 Å². The lowest BCUT2D eigenvalue weighted by Gasteiger charge is -2.07. The minimum absolute atomic E-state index is 0.111. The molecule has 0 fully saturated rings. The van der Waals surface area contributed by atoms with Crippen LogP contribution in [-0.4, -0.2) is 10.9 Å². The van der Waals surface area contributed by atoms with Gasteiger partial charge in [0.15, 0.2) is 0 Å². The van der Waals surface area contributed by atoms with E-state index in [-0.39, 0.29) is 5.91 Å². The second-order valence-corrected chi connectivity index (χ2v) is 9.90. The fraction of sp³-hybridized carbons (Fsp3) is 0.0714. The monoisotopic (exact) mass is 466 g/mol. The summed E-state index contributed by atoms with van der Waals surface area (Å²) in [4.78, 5) is 18.7. The summed E-state index contributed by atoms with van der Waals surface area (Å²) < 4.78 is 1.19. The Morgan fingerprint density at radius 1 is 0.909 bits per heavy atom. The van der Waals surface area contributed by atoms with Crippen LogP contribution in [-0.2, 0) is 5.75 Å². The number of thioether (sulfide) groups is 1. The second kappa shape index (κ2) is 9.61. The molecule has 0 atom stereocenters. The quantitative estimate of drug-likeness (QED) is 0.259. The SMILES string of the molecule is Cc1ccc2nc(-c3ccc(NC(=O)c4ccc(CSc5ccccc5)cc4)cc3)sc2c1. The van der Waals surface area contributed by atoms with Crippen LogP contribution in [0.1, 0.15) is 21.5 Å². The molecular weight excluding hydrogens is 444 g/mol. The topological polar surface area (TPSA) is 42.0 Å². The fourth-order valence-corrected chi connectivity index (χ4v) is 5.44. The molecule has 0 radical (unpaired) electrons. The van der Waals surface area contributed by atoms with E-state index in [2.05, 4.69) is 42.6 Å². The van der Waals surface area contributed by atoms with E-state index < -0.39 is 0 Å². The summed E-state index contributed by atoms with van der Waals surface area (Å²) in [5.41, 5.74) is 5.91. The number of anilines is 1. The minimum Gasteiger partial charge on any atom is -0.322 e. The Hall–Kier alpha value is -3.41. The second-order valence-electron chi connectivity index (χ2n) is 7.82. The number of carbonyl (C=O) groups is 1. The maximum absolute atomic E-state index is 12.7. The van der Waals surface area contributed by atoms with Gasteiger partial charge in [-0.2, -0.15) is 0 Å². The summed E-state index contributed by atoms with van der Waals surface area (Å²) in [5.74, 6) is 0.763. The summed E-state index contributed by atoms with van der Waals surface area (Å²) in [6, 6.07) is 32.3. The lowest BCUT2D eigenvalue weighted by Crippen LogP contribution is -2.11. The molecule has 0 aliphatic heterocycles. The molecule has 5 heteroatoms. The first-order valence-corrected chi connectivity index (χ1v) is 12.5. The van der Waals surface area contributed by atoms with Crippen molar-refractivity contribution in [1.82, 2.24) is 4.98 Å². The van der Waals surface area contributed by atoms with Crippen molar-refractivity contribution in [1.29, 1.82) is 0 Å². The number of nitrogens with one attached hydrogen (secondary N) is 1. The van der Waals surface area contributed by atoms with Crippen molar-refractivity contribution in [2.75, 3.05) is 5.32 Å². The number of aromatic nitrogens is 1. The molecule has 0 saturated carbocycles. The van der Waals surface area contributed by atoms with Crippen molar-refractivity contribution in [2.24, 2.45) is 0 Å². The van der Waals surface area contributed by atoms with Crippen LogP contribution in [0.25, 0.3) is 20.8 Å². The fourth-order valence-electron chi connectivity index (χ4n) is 3.49. The standard InChI is InChI=1S/C28H22N2OS2/c1-19-7-16-25-26(17-19)33-28(30-25)22-12-14-23(15-13-22)29-27(31)21-10-8-20(9-11-21)18-32-24-5-3-2-4-6-24/h2-17H,18H2,1H3,(H,29,31). The van der Waals surface area contributed by atoms with Crippen LogP contribution in [0, 0.1) is 6.92 Å². The summed E-state index contributed by atoms with van der Waals surface area (Å²) in [7, 11) is 0. The van der Waals surface area contributed by atoms with Crippen molar-refractivity contribution in [3.63, 3.8) is 0 Å². The Labute approximate surface area is 201 Å². The van der Waals surface area contributed by atoms with Gasteiger partial charge >= 0.3 is 0 Å². The van der Waals surface area contributed by atoms with Crippen LogP contribution >= 0.6 is 23.1 Å². The van der Waals surface area contributed by atoms with E-state index in [4.69, 9.17) is 4.98 Å². The molecule has 5 rings (SSSR count). The van der Waals surface area contributed by atoms with E-state index in [1.54, 1.807) is 23.1 Å². The molecule has 162 valence electrons. The summed E-state index contributed by atoms with van der Waals surface area (Å²) in [6.45, 7) is 2.09. The molecular formula is C28H22N2OS2. The first-order chi connectivity index (χ1) is 16.1. The van der Waals surface area contributed by atoms with E-state index in [9.17, 15) is 4.79 Å². The number of benzene rings is 4. The smallest absolute Gasteiger partial charge is 0.255 e. The first kappa shape index (κ1) is 21.4. The molecule has 0 unspecified atom stereocenters. The molecule has 1 heterocycles. The largest absolute Gasteiger partial charge is 0.322 e. The Bertz CT molecular complexity index is 1390. The summed E-state index contributed by atoms with van der Waals surface area (Å²) in [6.07, 6.45) is 0. The molecule has 1 amide bonds. The van der Waals surface area contributed by atoms with Crippen LogP contribution in [0.2, 0.25) is 0 Å².